The molecule has 0 radical (unpaired) electrons. The van der Waals surface area contributed by atoms with Gasteiger partial charge < -0.3 is 10.6 Å². The Morgan fingerprint density at radius 3 is 2.54 bits per heavy atom. The van der Waals surface area contributed by atoms with E-state index in [-0.39, 0.29) is 10.6 Å². The highest BCUT2D eigenvalue weighted by atomic mass is 32.2. The molecule has 4 rings (SSSR count). The summed E-state index contributed by atoms with van der Waals surface area (Å²) in [4.78, 5) is 19.2. The molecule has 1 aromatic heterocycles. The molecule has 1 aliphatic heterocycles. The lowest BCUT2D eigenvalue weighted by atomic mass is 9.95. The first kappa shape index (κ1) is 26.9. The fraction of sp³-hybridized carbons (Fsp3) is 0.400. The molecule has 2 heterocycles. The van der Waals surface area contributed by atoms with Gasteiger partial charge in [0.15, 0.2) is 9.84 Å². The van der Waals surface area contributed by atoms with Gasteiger partial charge in [-0.2, -0.15) is 0 Å². The van der Waals surface area contributed by atoms with E-state index in [1.807, 2.05) is 12.1 Å². The quantitative estimate of drug-likeness (QED) is 0.417. The third-order valence-corrected chi connectivity index (χ3v) is 8.74. The van der Waals surface area contributed by atoms with Crippen LogP contribution in [-0.4, -0.2) is 38.2 Å². The van der Waals surface area contributed by atoms with Gasteiger partial charge in [-0.15, -0.1) is 0 Å². The van der Waals surface area contributed by atoms with Crippen LogP contribution in [0.4, 0.5) is 5.69 Å². The van der Waals surface area contributed by atoms with Crippen molar-refractivity contribution in [2.75, 3.05) is 23.7 Å². The summed E-state index contributed by atoms with van der Waals surface area (Å²) in [7, 11) is -3.31. The van der Waals surface area contributed by atoms with Crippen molar-refractivity contribution in [2.45, 2.75) is 57.8 Å². The Labute approximate surface area is 220 Å². The first-order valence-corrected chi connectivity index (χ1v) is 14.8. The number of aromatic nitrogens is 1. The van der Waals surface area contributed by atoms with Crippen LogP contribution in [0.3, 0.4) is 0 Å². The van der Waals surface area contributed by atoms with Gasteiger partial charge in [0.25, 0.3) is 0 Å². The summed E-state index contributed by atoms with van der Waals surface area (Å²) in [6.07, 6.45) is 6.00. The number of nitrogens with two attached hydrogens (primary N) is 1. The second-order valence-electron chi connectivity index (χ2n) is 10.3. The van der Waals surface area contributed by atoms with Gasteiger partial charge in [-0.05, 0) is 78.1 Å². The van der Waals surface area contributed by atoms with Crippen LogP contribution in [0.2, 0.25) is 0 Å². The van der Waals surface area contributed by atoms with Gasteiger partial charge in [0, 0.05) is 42.7 Å². The van der Waals surface area contributed by atoms with Gasteiger partial charge in [0.2, 0.25) is 5.91 Å². The van der Waals surface area contributed by atoms with Crippen LogP contribution in [0, 0.1) is 5.92 Å². The molecule has 2 N–H and O–H groups in total. The summed E-state index contributed by atoms with van der Waals surface area (Å²) in [6, 6.07) is 16.0. The fourth-order valence-electron chi connectivity index (χ4n) is 5.04. The molecular weight excluding hydrogens is 482 g/mol. The van der Waals surface area contributed by atoms with Gasteiger partial charge >= 0.3 is 0 Å². The second kappa shape index (κ2) is 11.5. The fourth-order valence-corrected chi connectivity index (χ4v) is 5.86. The number of rotatable bonds is 10. The van der Waals surface area contributed by atoms with E-state index in [2.05, 4.69) is 41.9 Å². The van der Waals surface area contributed by atoms with Gasteiger partial charge in [0.05, 0.1) is 10.6 Å². The van der Waals surface area contributed by atoms with Crippen LogP contribution in [0.15, 0.2) is 59.6 Å². The summed E-state index contributed by atoms with van der Waals surface area (Å²) in [5.41, 5.74) is 12.9. The van der Waals surface area contributed by atoms with Gasteiger partial charge in [-0.3, -0.25) is 9.78 Å². The molecule has 37 heavy (non-hydrogen) atoms. The van der Waals surface area contributed by atoms with Crippen molar-refractivity contribution >= 4 is 21.4 Å². The molecule has 0 spiro atoms. The lowest BCUT2D eigenvalue weighted by Crippen LogP contribution is -2.31. The number of carbonyl (C=O) groups is 1. The maximum atomic E-state index is 12.1. The molecule has 0 unspecified atom stereocenters. The van der Waals surface area contributed by atoms with Crippen LogP contribution in [0.5, 0.6) is 0 Å². The highest BCUT2D eigenvalue weighted by Crippen LogP contribution is 2.29. The van der Waals surface area contributed by atoms with Gasteiger partial charge in [-0.1, -0.05) is 45.0 Å². The molecule has 0 saturated heterocycles. The molecule has 0 atom stereocenters. The average Bonchev–Trinajstić information content (AvgIpc) is 2.87. The standard InChI is InChI=1S/C30H37N3O3S/c1-4-37(35,36)27-11-10-26(32-20-27)19-25-17-22(8-12-28(25)30(31)34)13-15-33-14-5-6-24-9-7-23(16-21(2)3)18-29(24)33/h7-12,17-18,20-21H,4-6,13-16,19H2,1-3H3,(H2,31,34). The number of pyridine rings is 1. The molecule has 0 saturated carbocycles. The number of nitrogens with zero attached hydrogens (tertiary/aromatic N) is 2. The van der Waals surface area contributed by atoms with Gasteiger partial charge in [-0.25, -0.2) is 8.42 Å². The number of benzene rings is 2. The number of primary amides is 1. The first-order valence-electron chi connectivity index (χ1n) is 13.1. The van der Waals surface area contributed by atoms with Crippen molar-refractivity contribution in [1.29, 1.82) is 0 Å². The lowest BCUT2D eigenvalue weighted by molar-refractivity contribution is 0.0999. The Kier molecular flexibility index (Phi) is 8.32. The van der Waals surface area contributed by atoms with Crippen molar-refractivity contribution in [2.24, 2.45) is 11.7 Å². The van der Waals surface area contributed by atoms with E-state index >= 15 is 0 Å². The molecule has 3 aromatic rings. The summed E-state index contributed by atoms with van der Waals surface area (Å²) in [6.45, 7) is 8.06. The van der Waals surface area contributed by atoms with E-state index in [4.69, 9.17) is 5.73 Å². The smallest absolute Gasteiger partial charge is 0.248 e. The zero-order valence-corrected chi connectivity index (χ0v) is 22.9. The zero-order valence-electron chi connectivity index (χ0n) is 22.0. The predicted molar refractivity (Wildman–Crippen MR) is 149 cm³/mol. The molecule has 7 heteroatoms. The third kappa shape index (κ3) is 6.58. The van der Waals surface area contributed by atoms with E-state index in [1.54, 1.807) is 25.1 Å². The summed E-state index contributed by atoms with van der Waals surface area (Å²) in [5.74, 6) is 0.177. The van der Waals surface area contributed by atoms with Crippen molar-refractivity contribution in [3.05, 3.63) is 88.2 Å². The molecule has 0 fully saturated rings. The Bertz CT molecular complexity index is 1370. The third-order valence-electron chi connectivity index (χ3n) is 7.02. The predicted octanol–water partition coefficient (Wildman–Crippen LogP) is 4.76. The second-order valence-corrected chi connectivity index (χ2v) is 12.6. The number of amides is 1. The van der Waals surface area contributed by atoms with Crippen LogP contribution < -0.4 is 10.6 Å². The number of hydrogen-bond donors (Lipinski definition) is 1. The molecule has 196 valence electrons. The molecular formula is C30H37N3O3S. The van der Waals surface area contributed by atoms with Crippen molar-refractivity contribution in [1.82, 2.24) is 4.98 Å². The summed E-state index contributed by atoms with van der Waals surface area (Å²) >= 11 is 0. The topological polar surface area (TPSA) is 93.4 Å². The number of carbonyl (C=O) groups excluding carboxylic acids is 1. The number of aryl methyl sites for hydroxylation is 1. The SMILES string of the molecule is CCS(=O)(=O)c1ccc(Cc2cc(CCN3CCCc4ccc(CC(C)C)cc43)ccc2C(N)=O)nc1. The van der Waals surface area contributed by atoms with Crippen molar-refractivity contribution in [3.63, 3.8) is 0 Å². The molecule has 0 bridgehead atoms. The first-order chi connectivity index (χ1) is 17.7. The number of anilines is 1. The van der Waals surface area contributed by atoms with Crippen LogP contribution >= 0.6 is 0 Å². The monoisotopic (exact) mass is 519 g/mol. The Morgan fingerprint density at radius 1 is 1.08 bits per heavy atom. The number of fused-ring (bicyclic) bond motifs is 1. The van der Waals surface area contributed by atoms with Crippen molar-refractivity contribution < 1.29 is 13.2 Å². The van der Waals surface area contributed by atoms with Crippen molar-refractivity contribution in [3.8, 4) is 0 Å². The normalized spacial score (nSPS) is 13.6. The minimum absolute atomic E-state index is 0.0302. The lowest BCUT2D eigenvalue weighted by Gasteiger charge is -2.32. The number of hydrogen-bond acceptors (Lipinski definition) is 5. The minimum Gasteiger partial charge on any atom is -0.371 e. The highest BCUT2D eigenvalue weighted by molar-refractivity contribution is 7.91. The molecule has 1 aliphatic rings. The summed E-state index contributed by atoms with van der Waals surface area (Å²) in [5, 5.41) is 0. The van der Waals surface area contributed by atoms with Gasteiger partial charge in [0.1, 0.15) is 0 Å². The Hall–Kier alpha value is -3.19. The van der Waals surface area contributed by atoms with E-state index in [0.717, 1.165) is 49.9 Å². The molecule has 6 nitrogen and oxygen atoms in total. The summed E-state index contributed by atoms with van der Waals surface area (Å²) < 4.78 is 24.2. The molecule has 0 aliphatic carbocycles. The van der Waals surface area contributed by atoms with E-state index in [0.29, 0.717) is 23.6 Å². The Balaban J connectivity index is 1.52. The zero-order chi connectivity index (χ0) is 26.6. The largest absolute Gasteiger partial charge is 0.371 e. The highest BCUT2D eigenvalue weighted by Gasteiger charge is 2.18. The van der Waals surface area contributed by atoms with Crippen LogP contribution in [0.25, 0.3) is 0 Å². The number of sulfone groups is 1. The molecule has 1 amide bonds. The van der Waals surface area contributed by atoms with Crippen LogP contribution in [0.1, 0.15) is 65.5 Å². The minimum atomic E-state index is -3.31. The van der Waals surface area contributed by atoms with Crippen LogP contribution in [-0.2, 0) is 35.5 Å². The maximum Gasteiger partial charge on any atom is 0.248 e. The maximum absolute atomic E-state index is 12.1. The van der Waals surface area contributed by atoms with E-state index in [9.17, 15) is 13.2 Å². The van der Waals surface area contributed by atoms with E-state index < -0.39 is 15.7 Å². The van der Waals surface area contributed by atoms with E-state index in [1.165, 1.54) is 23.0 Å². The average molecular weight is 520 g/mol. The molecule has 2 aromatic carbocycles. The Morgan fingerprint density at radius 2 is 1.86 bits per heavy atom.